The summed E-state index contributed by atoms with van der Waals surface area (Å²) in [4.78, 5) is 15.3. The van der Waals surface area contributed by atoms with E-state index < -0.39 is 0 Å². The molecule has 0 aliphatic carbocycles. The van der Waals surface area contributed by atoms with E-state index in [1.165, 1.54) is 23.1 Å². The number of rotatable bonds is 5. The molecular formula is C7H11N3O2S2. The van der Waals surface area contributed by atoms with Crippen molar-refractivity contribution in [2.75, 3.05) is 13.7 Å². The first-order valence-electron chi connectivity index (χ1n) is 3.83. The lowest BCUT2D eigenvalue weighted by Gasteiger charge is -2.11. The number of amides is 1. The topological polar surface area (TPSA) is 77.2 Å². The van der Waals surface area contributed by atoms with Crippen LogP contribution in [-0.2, 0) is 9.53 Å². The average Bonchev–Trinajstić information content (AvgIpc) is 2.68. The number of nitrogens with two attached hydrogens (primary N) is 1. The number of methoxy groups -OCH3 is 1. The Balaban J connectivity index is 2.55. The zero-order valence-electron chi connectivity index (χ0n) is 7.60. The van der Waals surface area contributed by atoms with Gasteiger partial charge in [0.15, 0.2) is 4.34 Å². The minimum absolute atomic E-state index is 0.257. The zero-order chi connectivity index (χ0) is 10.4. The quantitative estimate of drug-likeness (QED) is 0.330. The van der Waals surface area contributed by atoms with E-state index in [-0.39, 0.29) is 11.2 Å². The van der Waals surface area contributed by atoms with E-state index in [1.54, 1.807) is 13.3 Å². The molecule has 0 bridgehead atoms. The molecule has 0 aliphatic heterocycles. The Hall–Kier alpha value is -0.630. The molecule has 5 nitrogen and oxygen atoms in total. The largest absolute Gasteiger partial charge is 0.383 e. The predicted molar refractivity (Wildman–Crippen MR) is 56.0 cm³/mol. The number of carbonyl (C=O) groups excluding carboxylic acids is 1. The summed E-state index contributed by atoms with van der Waals surface area (Å²) in [6.45, 7) is 0.313. The van der Waals surface area contributed by atoms with Crippen molar-refractivity contribution in [3.05, 3.63) is 11.6 Å². The van der Waals surface area contributed by atoms with Crippen LogP contribution in [0.5, 0.6) is 0 Å². The summed E-state index contributed by atoms with van der Waals surface area (Å²) < 4.78 is 5.74. The highest BCUT2D eigenvalue weighted by Crippen LogP contribution is 2.25. The van der Waals surface area contributed by atoms with E-state index in [4.69, 9.17) is 10.6 Å². The highest BCUT2D eigenvalue weighted by atomic mass is 32.2. The van der Waals surface area contributed by atoms with Crippen LogP contribution in [0.4, 0.5) is 0 Å². The summed E-state index contributed by atoms with van der Waals surface area (Å²) in [6.07, 6.45) is 1.69. The number of hydrogen-bond acceptors (Lipinski definition) is 6. The SMILES string of the molecule is COCC(Sc1nccs1)C(=O)NN. The first-order valence-corrected chi connectivity index (χ1v) is 5.59. The van der Waals surface area contributed by atoms with Crippen LogP contribution in [0.3, 0.4) is 0 Å². The van der Waals surface area contributed by atoms with E-state index >= 15 is 0 Å². The molecule has 1 atom stereocenters. The van der Waals surface area contributed by atoms with Crippen LogP contribution in [0, 0.1) is 0 Å². The van der Waals surface area contributed by atoms with Crippen molar-refractivity contribution in [2.45, 2.75) is 9.59 Å². The maximum absolute atomic E-state index is 11.3. The summed E-state index contributed by atoms with van der Waals surface area (Å²) in [5.41, 5.74) is 2.10. The molecule has 78 valence electrons. The second kappa shape index (κ2) is 5.97. The fourth-order valence-corrected chi connectivity index (χ4v) is 2.64. The maximum atomic E-state index is 11.3. The summed E-state index contributed by atoms with van der Waals surface area (Å²) in [5.74, 6) is 4.79. The molecule has 1 unspecified atom stereocenters. The van der Waals surface area contributed by atoms with Crippen molar-refractivity contribution in [1.82, 2.24) is 10.4 Å². The Labute approximate surface area is 90.0 Å². The minimum atomic E-state index is -0.351. The Morgan fingerprint density at radius 2 is 2.71 bits per heavy atom. The van der Waals surface area contributed by atoms with Gasteiger partial charge < -0.3 is 4.74 Å². The molecule has 0 aliphatic rings. The second-order valence-corrected chi connectivity index (χ2v) is 4.71. The number of hydrogen-bond donors (Lipinski definition) is 2. The lowest BCUT2D eigenvalue weighted by Crippen LogP contribution is -2.39. The third-order valence-corrected chi connectivity index (χ3v) is 3.49. The number of thioether (sulfide) groups is 1. The van der Waals surface area contributed by atoms with Gasteiger partial charge in [-0.2, -0.15) is 0 Å². The van der Waals surface area contributed by atoms with Crippen LogP contribution in [0.1, 0.15) is 0 Å². The van der Waals surface area contributed by atoms with Gasteiger partial charge in [0.25, 0.3) is 0 Å². The van der Waals surface area contributed by atoms with Gasteiger partial charge in [-0.25, -0.2) is 10.8 Å². The number of nitrogens with zero attached hydrogens (tertiary/aromatic N) is 1. The third-order valence-electron chi connectivity index (χ3n) is 1.41. The predicted octanol–water partition coefficient (Wildman–Crippen LogP) is 0.240. The molecular weight excluding hydrogens is 222 g/mol. The monoisotopic (exact) mass is 233 g/mol. The summed E-state index contributed by atoms with van der Waals surface area (Å²) in [5, 5.41) is 1.50. The van der Waals surface area contributed by atoms with Gasteiger partial charge in [0, 0.05) is 18.7 Å². The van der Waals surface area contributed by atoms with Crippen molar-refractivity contribution in [1.29, 1.82) is 0 Å². The minimum Gasteiger partial charge on any atom is -0.383 e. The molecule has 3 N–H and O–H groups in total. The highest BCUT2D eigenvalue weighted by molar-refractivity contribution is 8.02. The van der Waals surface area contributed by atoms with Crippen molar-refractivity contribution >= 4 is 29.0 Å². The second-order valence-electron chi connectivity index (χ2n) is 2.37. The van der Waals surface area contributed by atoms with Gasteiger partial charge >= 0.3 is 0 Å². The van der Waals surface area contributed by atoms with Gasteiger partial charge in [-0.15, -0.1) is 11.3 Å². The van der Waals surface area contributed by atoms with Crippen LogP contribution in [0.25, 0.3) is 0 Å². The highest BCUT2D eigenvalue weighted by Gasteiger charge is 2.19. The van der Waals surface area contributed by atoms with E-state index in [9.17, 15) is 4.79 Å². The summed E-state index contributed by atoms with van der Waals surface area (Å²) in [6, 6.07) is 0. The summed E-state index contributed by atoms with van der Waals surface area (Å²) in [7, 11) is 1.54. The summed E-state index contributed by atoms with van der Waals surface area (Å²) >= 11 is 2.82. The molecule has 1 aromatic rings. The lowest BCUT2D eigenvalue weighted by atomic mass is 10.4. The Kier molecular flexibility index (Phi) is 4.88. The number of thiazole rings is 1. The first kappa shape index (κ1) is 11.4. The number of nitrogens with one attached hydrogen (secondary N) is 1. The van der Waals surface area contributed by atoms with Crippen molar-refractivity contribution in [3.8, 4) is 0 Å². The molecule has 0 spiro atoms. The number of hydrazine groups is 1. The third kappa shape index (κ3) is 3.26. The van der Waals surface area contributed by atoms with Gasteiger partial charge in [-0.1, -0.05) is 11.8 Å². The average molecular weight is 233 g/mol. The van der Waals surface area contributed by atoms with Gasteiger partial charge in [-0.3, -0.25) is 10.2 Å². The van der Waals surface area contributed by atoms with E-state index in [2.05, 4.69) is 10.4 Å². The number of carbonyl (C=O) groups is 1. The van der Waals surface area contributed by atoms with Crippen molar-refractivity contribution in [2.24, 2.45) is 5.84 Å². The normalized spacial score (nSPS) is 12.4. The van der Waals surface area contributed by atoms with Gasteiger partial charge in [0.1, 0.15) is 5.25 Å². The van der Waals surface area contributed by atoms with Crippen molar-refractivity contribution < 1.29 is 9.53 Å². The number of ether oxygens (including phenoxy) is 1. The number of aromatic nitrogens is 1. The molecule has 14 heavy (non-hydrogen) atoms. The molecule has 1 rings (SSSR count). The maximum Gasteiger partial charge on any atom is 0.249 e. The van der Waals surface area contributed by atoms with Gasteiger partial charge in [0.2, 0.25) is 5.91 Å². The molecule has 7 heteroatoms. The van der Waals surface area contributed by atoms with Gasteiger partial charge in [-0.05, 0) is 0 Å². The van der Waals surface area contributed by atoms with Crippen LogP contribution in [-0.4, -0.2) is 29.9 Å². The standard InChI is InChI=1S/C7H11N3O2S2/c1-12-4-5(6(11)10-8)14-7-9-2-3-13-7/h2-3,5H,4,8H2,1H3,(H,10,11). The Morgan fingerprint density at radius 3 is 3.21 bits per heavy atom. The molecule has 0 aromatic carbocycles. The molecule has 0 saturated heterocycles. The molecule has 0 radical (unpaired) electrons. The molecule has 1 amide bonds. The molecule has 1 heterocycles. The molecule has 0 saturated carbocycles. The fourth-order valence-electron chi connectivity index (χ4n) is 0.798. The van der Waals surface area contributed by atoms with E-state index in [0.717, 1.165) is 4.34 Å². The van der Waals surface area contributed by atoms with Gasteiger partial charge in [0.05, 0.1) is 6.61 Å². The van der Waals surface area contributed by atoms with Crippen LogP contribution in [0.15, 0.2) is 15.9 Å². The zero-order valence-corrected chi connectivity index (χ0v) is 9.23. The van der Waals surface area contributed by atoms with Crippen molar-refractivity contribution in [3.63, 3.8) is 0 Å². The van der Waals surface area contributed by atoms with E-state index in [0.29, 0.717) is 6.61 Å². The molecule has 1 aromatic heterocycles. The van der Waals surface area contributed by atoms with Crippen LogP contribution >= 0.6 is 23.1 Å². The van der Waals surface area contributed by atoms with Crippen LogP contribution in [0.2, 0.25) is 0 Å². The smallest absolute Gasteiger partial charge is 0.249 e. The fraction of sp³-hybridized carbons (Fsp3) is 0.429. The first-order chi connectivity index (χ1) is 6.77. The Bertz CT molecular complexity index is 278. The van der Waals surface area contributed by atoms with E-state index in [1.807, 2.05) is 5.38 Å². The Morgan fingerprint density at radius 1 is 1.93 bits per heavy atom. The molecule has 0 fully saturated rings. The van der Waals surface area contributed by atoms with Crippen LogP contribution < -0.4 is 11.3 Å². The lowest BCUT2D eigenvalue weighted by molar-refractivity contribution is -0.121.